The van der Waals surface area contributed by atoms with Crippen LogP contribution in [0.5, 0.6) is 0 Å². The molecule has 0 amide bonds. The van der Waals surface area contributed by atoms with Crippen molar-refractivity contribution in [3.8, 4) is 33.4 Å². The van der Waals surface area contributed by atoms with E-state index in [4.69, 9.17) is 0 Å². The summed E-state index contributed by atoms with van der Waals surface area (Å²) in [5, 5.41) is 5.01. The van der Waals surface area contributed by atoms with Crippen LogP contribution >= 0.6 is 0 Å². The summed E-state index contributed by atoms with van der Waals surface area (Å²) < 4.78 is 0. The lowest BCUT2D eigenvalue weighted by atomic mass is 9.75. The van der Waals surface area contributed by atoms with Crippen molar-refractivity contribution in [2.75, 3.05) is 0 Å². The molecular formula is C41H34O. The van der Waals surface area contributed by atoms with Crippen molar-refractivity contribution >= 4 is 27.3 Å². The quantitative estimate of drug-likeness (QED) is 0.202. The fourth-order valence-electron chi connectivity index (χ4n) is 7.63. The number of rotatable bonds is 1. The van der Waals surface area contributed by atoms with Crippen molar-refractivity contribution < 1.29 is 4.79 Å². The Kier molecular flexibility index (Phi) is 5.12. The van der Waals surface area contributed by atoms with E-state index < -0.39 is 0 Å². The fourth-order valence-corrected chi connectivity index (χ4v) is 7.63. The molecule has 0 heterocycles. The Bertz CT molecular complexity index is 2190. The minimum absolute atomic E-state index is 0.0636. The Morgan fingerprint density at radius 1 is 0.548 bits per heavy atom. The van der Waals surface area contributed by atoms with Gasteiger partial charge in [-0.05, 0) is 129 Å². The van der Waals surface area contributed by atoms with Crippen molar-refractivity contribution in [2.24, 2.45) is 0 Å². The van der Waals surface area contributed by atoms with Gasteiger partial charge in [0.05, 0.1) is 0 Å². The van der Waals surface area contributed by atoms with E-state index >= 15 is 0 Å². The summed E-state index contributed by atoms with van der Waals surface area (Å²) in [6, 6.07) is 31.4. The van der Waals surface area contributed by atoms with Crippen molar-refractivity contribution in [1.29, 1.82) is 0 Å². The highest BCUT2D eigenvalue weighted by molar-refractivity contribution is 6.27. The van der Waals surface area contributed by atoms with Gasteiger partial charge in [0.2, 0.25) is 0 Å². The molecule has 1 heteroatoms. The van der Waals surface area contributed by atoms with E-state index in [1.807, 2.05) is 0 Å². The van der Waals surface area contributed by atoms with Gasteiger partial charge in [0.25, 0.3) is 0 Å². The number of hydrogen-bond donors (Lipinski definition) is 0. The molecule has 0 radical (unpaired) electrons. The number of carbonyl (C=O) groups excluding carboxylic acids is 1. The first-order valence-electron chi connectivity index (χ1n) is 15.0. The molecular weight excluding hydrogens is 508 g/mol. The molecule has 6 aromatic rings. The van der Waals surface area contributed by atoms with Crippen molar-refractivity contribution in [2.45, 2.75) is 53.4 Å². The lowest BCUT2D eigenvalue weighted by Crippen LogP contribution is -2.16. The topological polar surface area (TPSA) is 17.1 Å². The van der Waals surface area contributed by atoms with E-state index in [-0.39, 0.29) is 11.2 Å². The van der Waals surface area contributed by atoms with Gasteiger partial charge in [-0.3, -0.25) is 4.79 Å². The van der Waals surface area contributed by atoms with E-state index in [2.05, 4.69) is 126 Å². The summed E-state index contributed by atoms with van der Waals surface area (Å²) in [5.41, 5.74) is 16.8. The lowest BCUT2D eigenvalue weighted by molar-refractivity contribution is 0.104. The lowest BCUT2D eigenvalue weighted by Gasteiger charge is -2.28. The molecule has 0 unspecified atom stereocenters. The third-order valence-corrected chi connectivity index (χ3v) is 9.63. The number of benzene rings is 6. The van der Waals surface area contributed by atoms with E-state index in [0.717, 1.165) is 34.1 Å². The van der Waals surface area contributed by atoms with Crippen LogP contribution in [-0.4, -0.2) is 5.78 Å². The molecule has 0 saturated heterocycles. The largest absolute Gasteiger partial charge is 0.289 e. The Morgan fingerprint density at radius 2 is 1.29 bits per heavy atom. The normalized spacial score (nSPS) is 13.4. The molecule has 42 heavy (non-hydrogen) atoms. The third-order valence-electron chi connectivity index (χ3n) is 9.63. The van der Waals surface area contributed by atoms with Gasteiger partial charge in [-0.15, -0.1) is 0 Å². The molecule has 0 spiro atoms. The maximum atomic E-state index is 13.8. The van der Waals surface area contributed by atoms with Gasteiger partial charge in [-0.25, -0.2) is 0 Å². The van der Waals surface area contributed by atoms with Gasteiger partial charge >= 0.3 is 0 Å². The van der Waals surface area contributed by atoms with Crippen molar-refractivity contribution in [1.82, 2.24) is 0 Å². The first-order valence-corrected chi connectivity index (χ1v) is 15.0. The van der Waals surface area contributed by atoms with E-state index in [1.165, 1.54) is 71.8 Å². The molecule has 6 aromatic carbocycles. The fraction of sp³-hybridized carbons (Fsp3) is 0.195. The summed E-state index contributed by atoms with van der Waals surface area (Å²) in [7, 11) is 0. The maximum Gasteiger partial charge on any atom is 0.194 e. The molecule has 0 saturated carbocycles. The summed E-state index contributed by atoms with van der Waals surface area (Å²) in [5.74, 6) is 0.132. The molecule has 0 aromatic heterocycles. The van der Waals surface area contributed by atoms with Gasteiger partial charge in [0.15, 0.2) is 5.78 Å². The van der Waals surface area contributed by atoms with Crippen LogP contribution in [0.1, 0.15) is 70.1 Å². The van der Waals surface area contributed by atoms with Crippen LogP contribution in [0, 0.1) is 20.8 Å². The molecule has 0 fully saturated rings. The molecule has 0 aliphatic heterocycles. The first kappa shape index (κ1) is 25.2. The number of hydrogen-bond acceptors (Lipinski definition) is 1. The molecule has 2 aliphatic carbocycles. The Labute approximate surface area is 247 Å². The summed E-state index contributed by atoms with van der Waals surface area (Å²) in [4.78, 5) is 13.8. The summed E-state index contributed by atoms with van der Waals surface area (Å²) in [6.45, 7) is 13.3. The highest BCUT2D eigenvalue weighted by Crippen LogP contribution is 2.48. The second-order valence-corrected chi connectivity index (χ2v) is 13.5. The molecule has 0 N–H and O–H groups in total. The van der Waals surface area contributed by atoms with Crippen LogP contribution in [0.4, 0.5) is 0 Å². The minimum atomic E-state index is -0.0636. The number of aryl methyl sites for hydroxylation is 3. The third kappa shape index (κ3) is 3.46. The van der Waals surface area contributed by atoms with Crippen LogP contribution in [0.3, 0.4) is 0 Å². The summed E-state index contributed by atoms with van der Waals surface area (Å²) >= 11 is 0. The first-order chi connectivity index (χ1) is 20.1. The van der Waals surface area contributed by atoms with Crippen LogP contribution in [0.15, 0.2) is 84.9 Å². The molecule has 1 nitrogen and oxygen atoms in total. The van der Waals surface area contributed by atoms with Gasteiger partial charge in [0, 0.05) is 16.5 Å². The van der Waals surface area contributed by atoms with E-state index in [0.29, 0.717) is 0 Å². The Hall–Kier alpha value is -4.49. The van der Waals surface area contributed by atoms with E-state index in [9.17, 15) is 4.79 Å². The highest BCUT2D eigenvalue weighted by atomic mass is 16.1. The predicted molar refractivity (Wildman–Crippen MR) is 177 cm³/mol. The SMILES string of the molecule is Cc1ccc2c(c1)Cc1cc(-c3cc4c5c(ccc(C(C)(C)C)c5c3)C(=O)c3cc(C)ccc3-4)c(C)c3cccc-2c13. The molecule has 0 atom stereocenters. The molecule has 2 aliphatic rings. The smallest absolute Gasteiger partial charge is 0.194 e. The second-order valence-electron chi connectivity index (χ2n) is 13.5. The standard InChI is InChI=1S/C41H34O/c1-22-10-12-29-25(16-22)18-27-21-33(24(3)28-8-7-9-31(29)38(27)28)26-19-34-30-13-11-23(2)17-35(30)40(42)32-14-15-37(41(4,5)6)36(20-26)39(32)34/h7-17,19-21H,18H2,1-6H3. The second kappa shape index (κ2) is 8.52. The van der Waals surface area contributed by atoms with Crippen LogP contribution in [0.25, 0.3) is 54.9 Å². The van der Waals surface area contributed by atoms with Gasteiger partial charge in [-0.2, -0.15) is 0 Å². The Morgan fingerprint density at radius 3 is 2.07 bits per heavy atom. The molecule has 204 valence electrons. The van der Waals surface area contributed by atoms with Crippen molar-refractivity contribution in [3.05, 3.63) is 129 Å². The predicted octanol–water partition coefficient (Wildman–Crippen LogP) is 10.7. The Balaban J connectivity index is 1.47. The van der Waals surface area contributed by atoms with Gasteiger partial charge < -0.3 is 0 Å². The highest BCUT2D eigenvalue weighted by Gasteiger charge is 2.30. The van der Waals surface area contributed by atoms with Crippen molar-refractivity contribution in [3.63, 3.8) is 0 Å². The minimum Gasteiger partial charge on any atom is -0.289 e. The monoisotopic (exact) mass is 542 g/mol. The van der Waals surface area contributed by atoms with Crippen LogP contribution < -0.4 is 0 Å². The number of carbonyl (C=O) groups is 1. The molecule has 0 bridgehead atoms. The zero-order chi connectivity index (χ0) is 29.1. The van der Waals surface area contributed by atoms with Crippen LogP contribution in [0.2, 0.25) is 0 Å². The van der Waals surface area contributed by atoms with Gasteiger partial charge in [0.1, 0.15) is 0 Å². The van der Waals surface area contributed by atoms with Gasteiger partial charge in [-0.1, -0.05) is 92.6 Å². The average molecular weight is 543 g/mol. The maximum absolute atomic E-state index is 13.8. The number of fused-ring (bicyclic) bond motifs is 4. The van der Waals surface area contributed by atoms with E-state index in [1.54, 1.807) is 0 Å². The molecule has 8 rings (SSSR count). The summed E-state index contributed by atoms with van der Waals surface area (Å²) in [6.07, 6.45) is 0.937. The number of ketones is 1. The average Bonchev–Trinajstić information content (AvgIpc) is 2.96. The zero-order valence-corrected chi connectivity index (χ0v) is 25.2. The van der Waals surface area contributed by atoms with Crippen LogP contribution in [-0.2, 0) is 11.8 Å². The zero-order valence-electron chi connectivity index (χ0n) is 25.2.